The maximum absolute atomic E-state index is 14.1. The van der Waals surface area contributed by atoms with Crippen LogP contribution in [0.5, 0.6) is 0 Å². The summed E-state index contributed by atoms with van der Waals surface area (Å²) in [5.41, 5.74) is -5.29. The number of nitrogens with one attached hydrogen (secondary N) is 1. The van der Waals surface area contributed by atoms with Crippen molar-refractivity contribution in [2.24, 2.45) is 5.16 Å². The van der Waals surface area contributed by atoms with Gasteiger partial charge >= 0.3 is 0 Å². The van der Waals surface area contributed by atoms with Crippen LogP contribution in [0, 0.1) is 40.5 Å². The molecular formula is C42H55N9O14Si. The van der Waals surface area contributed by atoms with Gasteiger partial charge in [-0.05, 0) is 75.9 Å². The van der Waals surface area contributed by atoms with Crippen LogP contribution >= 0.6 is 0 Å². The number of benzene rings is 2. The molecule has 4 amide bonds. The number of likely N-dealkylation sites (tertiary alicyclic amines) is 2. The number of unbranched alkanes of at least 4 members (excludes halogenated alkanes) is 2. The van der Waals surface area contributed by atoms with Crippen LogP contribution in [0.4, 0.5) is 22.7 Å². The SMILES string of the molecule is CCO[Si]1(CCCNC(=O)CCCCCN(C)C(=O)[C@@H]2CCCN2C(=O)[C@@H]2CCCN2C(=O)C(C)ON=C2c3c([N+](=O)[O-])ccc([N+](=O)[O-])c3-c3c([N+](=O)[O-])ccc([N+](=O)[O-])c32)C(C)C1C. The standard InChI is InChI=1S/C42H55N9O14Si/c1-6-64-66(26(3)27(66)4)24-12-20-43-34(52)15-8-7-9-21-45(5)41(54)32-13-10-23-47(32)42(55)33-14-11-22-46(33)40(53)25(2)65-44-39-37-30(50(60)61)18-16-28(48(56)57)35(37)36-29(49(58)59)17-19-31(38(36)39)51(62)63/h16-19,25-27,32-33H,6-15,20-24H2,1-5H3,(H,43,52)/t25?,26?,27?,32-,33-,66?/m0/s1. The molecule has 3 fully saturated rings. The van der Waals surface area contributed by atoms with E-state index in [1.807, 2.05) is 6.92 Å². The molecule has 3 saturated heterocycles. The van der Waals surface area contributed by atoms with Crippen molar-refractivity contribution in [1.82, 2.24) is 20.0 Å². The van der Waals surface area contributed by atoms with Gasteiger partial charge in [-0.3, -0.25) is 59.6 Å². The molecule has 1 N–H and O–H groups in total. The molecule has 3 unspecified atom stereocenters. The second-order valence-electron chi connectivity index (χ2n) is 17.3. The van der Waals surface area contributed by atoms with Crippen molar-refractivity contribution in [2.75, 3.05) is 39.8 Å². The van der Waals surface area contributed by atoms with Gasteiger partial charge in [0, 0.05) is 70.5 Å². The Morgan fingerprint density at radius 1 is 0.788 bits per heavy atom. The van der Waals surface area contributed by atoms with Crippen LogP contribution in [0.1, 0.15) is 96.6 Å². The molecule has 24 heteroatoms. The van der Waals surface area contributed by atoms with E-state index < -0.39 is 109 Å². The van der Waals surface area contributed by atoms with E-state index >= 15 is 0 Å². The summed E-state index contributed by atoms with van der Waals surface area (Å²) < 4.78 is 6.16. The van der Waals surface area contributed by atoms with Crippen molar-refractivity contribution in [3.05, 3.63) is 75.8 Å². The Morgan fingerprint density at radius 3 is 1.82 bits per heavy atom. The van der Waals surface area contributed by atoms with E-state index in [-0.39, 0.29) is 31.3 Å². The monoisotopic (exact) mass is 937 g/mol. The van der Waals surface area contributed by atoms with Crippen LogP contribution in [0.15, 0.2) is 29.4 Å². The molecule has 0 bridgehead atoms. The summed E-state index contributed by atoms with van der Waals surface area (Å²) >= 11 is 0. The summed E-state index contributed by atoms with van der Waals surface area (Å²) in [7, 11) is 0.0163. The van der Waals surface area contributed by atoms with E-state index in [1.165, 1.54) is 16.7 Å². The number of amides is 4. The molecule has 6 rings (SSSR count). The smallest absolute Gasteiger partial charge is 0.280 e. The molecule has 0 spiro atoms. The maximum Gasteiger partial charge on any atom is 0.280 e. The number of oxime groups is 1. The first kappa shape index (κ1) is 49.0. The molecule has 1 aliphatic carbocycles. The van der Waals surface area contributed by atoms with Crippen molar-refractivity contribution in [3.8, 4) is 11.1 Å². The fourth-order valence-corrected chi connectivity index (χ4v) is 14.9. The third-order valence-corrected chi connectivity index (χ3v) is 19.2. The topological polar surface area (TPSA) is 293 Å². The van der Waals surface area contributed by atoms with Gasteiger partial charge in [-0.15, -0.1) is 0 Å². The van der Waals surface area contributed by atoms with Gasteiger partial charge in [-0.1, -0.05) is 25.4 Å². The number of nitro benzene ring substituents is 4. The second-order valence-corrected chi connectivity index (χ2v) is 21.8. The molecule has 23 nitrogen and oxygen atoms in total. The molecule has 5 atom stereocenters. The largest absolute Gasteiger partial charge is 0.417 e. The minimum absolute atomic E-state index is 0.00163. The summed E-state index contributed by atoms with van der Waals surface area (Å²) in [6.45, 7) is 10.0. The number of carbonyl (C=O) groups excluding carboxylic acids is 4. The number of fused-ring (bicyclic) bond motifs is 3. The normalized spacial score (nSPS) is 22.0. The lowest BCUT2D eigenvalue weighted by atomic mass is 10.0. The van der Waals surface area contributed by atoms with Gasteiger partial charge in [0.25, 0.3) is 28.7 Å². The Kier molecular flexibility index (Phi) is 15.1. The number of nitro groups is 4. The van der Waals surface area contributed by atoms with Gasteiger partial charge in [-0.25, -0.2) is 0 Å². The Hall–Kier alpha value is -6.43. The molecule has 2 aromatic rings. The third kappa shape index (κ3) is 9.59. The molecule has 3 aliphatic heterocycles. The lowest BCUT2D eigenvalue weighted by Gasteiger charge is -2.33. The predicted molar refractivity (Wildman–Crippen MR) is 239 cm³/mol. The van der Waals surface area contributed by atoms with Crippen LogP contribution in [0.25, 0.3) is 11.1 Å². The Balaban J connectivity index is 1.07. The van der Waals surface area contributed by atoms with Crippen LogP contribution < -0.4 is 5.32 Å². The van der Waals surface area contributed by atoms with Crippen molar-refractivity contribution in [2.45, 2.75) is 121 Å². The van der Waals surface area contributed by atoms with Crippen LogP contribution in [-0.4, -0.2) is 130 Å². The molecule has 66 heavy (non-hydrogen) atoms. The van der Waals surface area contributed by atoms with Crippen molar-refractivity contribution < 1.29 is 48.1 Å². The number of hydrogen-bond acceptors (Lipinski definition) is 15. The highest BCUT2D eigenvalue weighted by molar-refractivity contribution is 6.87. The predicted octanol–water partition coefficient (Wildman–Crippen LogP) is 5.74. The van der Waals surface area contributed by atoms with E-state index in [9.17, 15) is 59.6 Å². The van der Waals surface area contributed by atoms with Crippen LogP contribution in [0.3, 0.4) is 0 Å². The molecule has 0 radical (unpaired) electrons. The third-order valence-electron chi connectivity index (χ3n) is 13.6. The van der Waals surface area contributed by atoms with Crippen molar-refractivity contribution in [1.29, 1.82) is 0 Å². The first-order valence-corrected chi connectivity index (χ1v) is 24.6. The number of rotatable bonds is 21. The van der Waals surface area contributed by atoms with E-state index in [0.29, 0.717) is 62.7 Å². The molecule has 2 aromatic carbocycles. The average Bonchev–Trinajstić information content (AvgIpc) is 3.87. The number of likely N-dealkylation sites (N-methyl/N-ethyl adjacent to an activating group) is 1. The number of hydrogen-bond donors (Lipinski definition) is 1. The van der Waals surface area contributed by atoms with Crippen LogP contribution in [0.2, 0.25) is 17.1 Å². The zero-order valence-corrected chi connectivity index (χ0v) is 38.6. The number of carbonyl (C=O) groups is 4. The highest BCUT2D eigenvalue weighted by atomic mass is 28.4. The van der Waals surface area contributed by atoms with Gasteiger partial charge in [0.15, 0.2) is 8.32 Å². The lowest BCUT2D eigenvalue weighted by Crippen LogP contribution is -2.54. The summed E-state index contributed by atoms with van der Waals surface area (Å²) in [5, 5.41) is 55.6. The summed E-state index contributed by atoms with van der Waals surface area (Å²) in [6, 6.07) is 2.36. The zero-order chi connectivity index (χ0) is 48.2. The average molecular weight is 938 g/mol. The molecule has 0 saturated carbocycles. The zero-order valence-electron chi connectivity index (χ0n) is 37.6. The van der Waals surface area contributed by atoms with Crippen LogP contribution in [-0.2, 0) is 28.4 Å². The lowest BCUT2D eigenvalue weighted by molar-refractivity contribution is -0.390. The molecule has 0 aromatic heterocycles. The highest BCUT2D eigenvalue weighted by Crippen LogP contribution is 2.62. The minimum Gasteiger partial charge on any atom is -0.417 e. The van der Waals surface area contributed by atoms with Crippen molar-refractivity contribution in [3.63, 3.8) is 0 Å². The van der Waals surface area contributed by atoms with Gasteiger partial charge in [-0.2, -0.15) is 0 Å². The van der Waals surface area contributed by atoms with Gasteiger partial charge in [0.05, 0.1) is 41.9 Å². The van der Waals surface area contributed by atoms with Gasteiger partial charge in [0.1, 0.15) is 17.8 Å². The molecule has 356 valence electrons. The van der Waals surface area contributed by atoms with E-state index in [2.05, 4.69) is 24.3 Å². The Labute approximate surface area is 380 Å². The molecule has 4 aliphatic rings. The first-order chi connectivity index (χ1) is 31.4. The fourth-order valence-electron chi connectivity index (χ4n) is 9.89. The summed E-state index contributed by atoms with van der Waals surface area (Å²) in [5.74, 6) is -1.42. The Morgan fingerprint density at radius 2 is 1.30 bits per heavy atom. The molecule has 3 heterocycles. The number of nitrogens with zero attached hydrogens (tertiary/aromatic N) is 8. The first-order valence-electron chi connectivity index (χ1n) is 22.3. The highest BCUT2D eigenvalue weighted by Gasteiger charge is 2.62. The van der Waals surface area contributed by atoms with E-state index in [1.54, 1.807) is 11.9 Å². The summed E-state index contributed by atoms with van der Waals surface area (Å²) in [4.78, 5) is 109. The van der Waals surface area contributed by atoms with Gasteiger partial charge in [0.2, 0.25) is 23.8 Å². The second kappa shape index (κ2) is 20.4. The maximum atomic E-state index is 14.1. The van der Waals surface area contributed by atoms with Crippen molar-refractivity contribution >= 4 is 60.4 Å². The summed E-state index contributed by atoms with van der Waals surface area (Å²) in [6.07, 6.45) is 3.51. The molecular weight excluding hydrogens is 883 g/mol. The minimum atomic E-state index is -1.65. The van der Waals surface area contributed by atoms with E-state index in [0.717, 1.165) is 49.8 Å². The quantitative estimate of drug-likeness (QED) is 0.0577. The fraction of sp³-hybridized carbons (Fsp3) is 0.595. The van der Waals surface area contributed by atoms with Gasteiger partial charge < -0.3 is 29.3 Å². The Bertz CT molecular complexity index is 2250. The van der Waals surface area contributed by atoms with E-state index in [4.69, 9.17) is 9.26 Å².